The summed E-state index contributed by atoms with van der Waals surface area (Å²) < 4.78 is 12.4. The highest BCUT2D eigenvalue weighted by Crippen LogP contribution is 2.39. The van der Waals surface area contributed by atoms with Crippen LogP contribution in [0, 0.1) is 0 Å². The van der Waals surface area contributed by atoms with E-state index in [-0.39, 0.29) is 12.1 Å². The molecule has 2 unspecified atom stereocenters. The van der Waals surface area contributed by atoms with Crippen LogP contribution in [0.3, 0.4) is 0 Å². The molecular weight excluding hydrogens is 420 g/mol. The van der Waals surface area contributed by atoms with E-state index in [1.54, 1.807) is 0 Å². The third-order valence-electron chi connectivity index (χ3n) is 6.50. The van der Waals surface area contributed by atoms with Crippen LogP contribution >= 0.6 is 0 Å². The molecule has 178 valence electrons. The molecule has 0 N–H and O–H groups in total. The van der Waals surface area contributed by atoms with Crippen molar-refractivity contribution in [1.29, 1.82) is 0 Å². The van der Waals surface area contributed by atoms with E-state index in [2.05, 4.69) is 109 Å². The molecule has 1 aliphatic heterocycles. The molecule has 0 spiro atoms. The van der Waals surface area contributed by atoms with Crippen LogP contribution in [0.4, 0.5) is 5.69 Å². The molecule has 0 aliphatic carbocycles. The lowest BCUT2D eigenvalue weighted by Gasteiger charge is -2.42. The summed E-state index contributed by atoms with van der Waals surface area (Å²) in [5.41, 5.74) is 3.63. The fourth-order valence-electron chi connectivity index (χ4n) is 4.68. The predicted molar refractivity (Wildman–Crippen MR) is 141 cm³/mol. The Morgan fingerprint density at radius 2 is 1.62 bits per heavy atom. The summed E-state index contributed by atoms with van der Waals surface area (Å²) in [5, 5.41) is 0. The number of nitrogens with zero attached hydrogens (tertiary/aromatic N) is 2. The van der Waals surface area contributed by atoms with Crippen molar-refractivity contribution in [3.8, 4) is 5.75 Å². The Hall–Kier alpha value is -3.08. The molecule has 0 saturated heterocycles. The molecule has 2 atom stereocenters. The molecule has 1 aliphatic rings. The molecule has 0 aromatic heterocycles. The van der Waals surface area contributed by atoms with Crippen LogP contribution in [0.5, 0.6) is 5.75 Å². The van der Waals surface area contributed by atoms with Crippen LogP contribution in [-0.2, 0) is 4.74 Å². The van der Waals surface area contributed by atoms with Crippen LogP contribution in [0.1, 0.15) is 31.0 Å². The zero-order valence-electron chi connectivity index (χ0n) is 20.3. The van der Waals surface area contributed by atoms with Gasteiger partial charge < -0.3 is 14.4 Å². The van der Waals surface area contributed by atoms with Crippen molar-refractivity contribution >= 4 is 11.8 Å². The highest BCUT2D eigenvalue weighted by molar-refractivity contribution is 5.61. The topological polar surface area (TPSA) is 24.9 Å². The van der Waals surface area contributed by atoms with E-state index in [0.717, 1.165) is 31.1 Å². The third kappa shape index (κ3) is 6.07. The van der Waals surface area contributed by atoms with E-state index in [0.29, 0.717) is 19.8 Å². The summed E-state index contributed by atoms with van der Waals surface area (Å²) >= 11 is 0. The number of hydrogen-bond donors (Lipinski definition) is 0. The van der Waals surface area contributed by atoms with Crippen molar-refractivity contribution in [3.05, 3.63) is 102 Å². The summed E-state index contributed by atoms with van der Waals surface area (Å²) in [7, 11) is 0. The largest absolute Gasteiger partial charge is 0.489 e. The summed E-state index contributed by atoms with van der Waals surface area (Å²) in [6.07, 6.45) is 4.22. The predicted octanol–water partition coefficient (Wildman–Crippen LogP) is 6.07. The van der Waals surface area contributed by atoms with Crippen LogP contribution < -0.4 is 9.64 Å². The summed E-state index contributed by atoms with van der Waals surface area (Å²) in [6.45, 7) is 9.26. The normalized spacial score (nSPS) is 16.4. The maximum absolute atomic E-state index is 6.19. The van der Waals surface area contributed by atoms with E-state index >= 15 is 0 Å². The molecule has 1 heterocycles. The highest BCUT2D eigenvalue weighted by atomic mass is 16.5. The van der Waals surface area contributed by atoms with Gasteiger partial charge in [-0.05, 0) is 36.3 Å². The number of likely N-dealkylation sites (N-methyl/N-ethyl adjacent to an activating group) is 1. The lowest BCUT2D eigenvalue weighted by Crippen LogP contribution is -2.49. The second kappa shape index (κ2) is 12.4. The monoisotopic (exact) mass is 456 g/mol. The van der Waals surface area contributed by atoms with Gasteiger partial charge in [-0.15, -0.1) is 0 Å². The Morgan fingerprint density at radius 3 is 2.35 bits per heavy atom. The standard InChI is InChI=1S/C30H36N2O2/c1-3-31(4-2)27(23-33-21-13-16-25-14-7-5-8-15-25)22-32-28-19-11-12-20-30(28)34-24-29(32)26-17-9-6-10-18-26/h5-20,27,29H,3-4,21-24H2,1-2H3. The molecule has 0 fully saturated rings. The van der Waals surface area contributed by atoms with Crippen molar-refractivity contribution in [3.63, 3.8) is 0 Å². The Morgan fingerprint density at radius 1 is 0.941 bits per heavy atom. The van der Waals surface area contributed by atoms with Gasteiger partial charge in [-0.3, -0.25) is 4.90 Å². The first-order valence-electron chi connectivity index (χ1n) is 12.4. The quantitative estimate of drug-likeness (QED) is 0.327. The van der Waals surface area contributed by atoms with E-state index < -0.39 is 0 Å². The number of hydrogen-bond acceptors (Lipinski definition) is 4. The second-order valence-corrected chi connectivity index (χ2v) is 8.58. The Labute approximate surface area is 204 Å². The smallest absolute Gasteiger partial charge is 0.142 e. The third-order valence-corrected chi connectivity index (χ3v) is 6.50. The lowest BCUT2D eigenvalue weighted by atomic mass is 10.0. The van der Waals surface area contributed by atoms with Gasteiger partial charge in [0.15, 0.2) is 0 Å². The molecule has 4 heteroatoms. The zero-order chi connectivity index (χ0) is 23.6. The highest BCUT2D eigenvalue weighted by Gasteiger charge is 2.31. The van der Waals surface area contributed by atoms with E-state index in [4.69, 9.17) is 9.47 Å². The number of para-hydroxylation sites is 2. The molecule has 3 aromatic rings. The molecule has 3 aromatic carbocycles. The van der Waals surface area contributed by atoms with E-state index in [9.17, 15) is 0 Å². The first-order valence-corrected chi connectivity index (χ1v) is 12.4. The fourth-order valence-corrected chi connectivity index (χ4v) is 4.68. The van der Waals surface area contributed by atoms with Crippen molar-refractivity contribution in [2.75, 3.05) is 44.4 Å². The minimum atomic E-state index is 0.173. The second-order valence-electron chi connectivity index (χ2n) is 8.58. The van der Waals surface area contributed by atoms with Crippen molar-refractivity contribution in [2.45, 2.75) is 25.9 Å². The maximum atomic E-state index is 6.19. The number of fused-ring (bicyclic) bond motifs is 1. The van der Waals surface area contributed by atoms with Crippen molar-refractivity contribution in [1.82, 2.24) is 4.90 Å². The number of anilines is 1. The summed E-state index contributed by atoms with van der Waals surface area (Å²) in [4.78, 5) is 5.02. The number of rotatable bonds is 11. The first kappa shape index (κ1) is 24.1. The molecule has 0 amide bonds. The minimum Gasteiger partial charge on any atom is -0.489 e. The minimum absolute atomic E-state index is 0.173. The van der Waals surface area contributed by atoms with Crippen LogP contribution in [0.25, 0.3) is 6.08 Å². The average Bonchev–Trinajstić information content (AvgIpc) is 2.90. The average molecular weight is 457 g/mol. The van der Waals surface area contributed by atoms with Crippen molar-refractivity contribution < 1.29 is 9.47 Å². The Balaban J connectivity index is 1.50. The van der Waals surface area contributed by atoms with Gasteiger partial charge in [0.1, 0.15) is 12.4 Å². The van der Waals surface area contributed by atoms with Gasteiger partial charge in [-0.25, -0.2) is 0 Å². The fraction of sp³-hybridized carbons (Fsp3) is 0.333. The van der Waals surface area contributed by atoms with Gasteiger partial charge in [-0.1, -0.05) is 98.8 Å². The Bertz CT molecular complexity index is 1020. The molecule has 4 nitrogen and oxygen atoms in total. The lowest BCUT2D eigenvalue weighted by molar-refractivity contribution is 0.0788. The van der Waals surface area contributed by atoms with Gasteiger partial charge in [0.2, 0.25) is 0 Å². The van der Waals surface area contributed by atoms with Gasteiger partial charge in [0.25, 0.3) is 0 Å². The van der Waals surface area contributed by atoms with E-state index in [1.165, 1.54) is 11.1 Å². The summed E-state index contributed by atoms with van der Waals surface area (Å²) in [5.74, 6) is 0.958. The molecule has 0 radical (unpaired) electrons. The van der Waals surface area contributed by atoms with E-state index in [1.807, 2.05) is 12.1 Å². The SMILES string of the molecule is CCN(CC)C(COCC=Cc1ccccc1)CN1c2ccccc2OCC1c1ccccc1. The van der Waals surface area contributed by atoms with Crippen LogP contribution in [0.15, 0.2) is 91.0 Å². The number of benzene rings is 3. The molecule has 4 rings (SSSR count). The van der Waals surface area contributed by atoms with Crippen LogP contribution in [-0.4, -0.2) is 50.4 Å². The van der Waals surface area contributed by atoms with Gasteiger partial charge in [-0.2, -0.15) is 0 Å². The first-order chi connectivity index (χ1) is 16.8. The van der Waals surface area contributed by atoms with Crippen molar-refractivity contribution in [2.24, 2.45) is 0 Å². The number of ether oxygens (including phenoxy) is 2. The zero-order valence-corrected chi connectivity index (χ0v) is 20.3. The molecule has 34 heavy (non-hydrogen) atoms. The molecule has 0 saturated carbocycles. The van der Waals surface area contributed by atoms with Gasteiger partial charge in [0, 0.05) is 6.54 Å². The van der Waals surface area contributed by atoms with Gasteiger partial charge >= 0.3 is 0 Å². The van der Waals surface area contributed by atoms with Gasteiger partial charge in [0.05, 0.1) is 31.0 Å². The van der Waals surface area contributed by atoms with Crippen LogP contribution in [0.2, 0.25) is 0 Å². The maximum Gasteiger partial charge on any atom is 0.142 e. The molecular formula is C30H36N2O2. The summed E-state index contributed by atoms with van der Waals surface area (Å²) in [6, 6.07) is 29.9. The Kier molecular flexibility index (Phi) is 8.78. The molecule has 0 bridgehead atoms.